The van der Waals surface area contributed by atoms with Crippen LogP contribution in [0.3, 0.4) is 0 Å². The third kappa shape index (κ3) is 2.67. The molecule has 0 aromatic heterocycles. The molecule has 0 saturated heterocycles. The van der Waals surface area contributed by atoms with Gasteiger partial charge in [-0.05, 0) is 37.0 Å². The first-order valence-corrected chi connectivity index (χ1v) is 8.02. The number of halogens is 5. The lowest BCUT2D eigenvalue weighted by molar-refractivity contribution is -0.137. The van der Waals surface area contributed by atoms with Crippen LogP contribution in [-0.2, 0) is 17.4 Å². The summed E-state index contributed by atoms with van der Waals surface area (Å²) < 4.78 is 65.3. The molecular weight excluding hydrogens is 329 g/mol. The summed E-state index contributed by atoms with van der Waals surface area (Å²) in [4.78, 5) is 12.2. The molecule has 3 rings (SSSR count). The maximum Gasteiger partial charge on any atom is 0.416 e. The lowest BCUT2D eigenvalue weighted by Crippen LogP contribution is -2.37. The monoisotopic (exact) mass is 347 g/mol. The van der Waals surface area contributed by atoms with Gasteiger partial charge in [-0.3, -0.25) is 4.79 Å². The quantitative estimate of drug-likeness (QED) is 0.813. The number of amides is 1. The van der Waals surface area contributed by atoms with Gasteiger partial charge in [-0.15, -0.1) is 0 Å². The second-order valence-electron chi connectivity index (χ2n) is 6.59. The van der Waals surface area contributed by atoms with Gasteiger partial charge in [0.2, 0.25) is 5.91 Å². The van der Waals surface area contributed by atoms with Crippen molar-refractivity contribution in [2.75, 3.05) is 6.54 Å². The van der Waals surface area contributed by atoms with E-state index < -0.39 is 34.9 Å². The second-order valence-corrected chi connectivity index (χ2v) is 6.59. The lowest BCUT2D eigenvalue weighted by atomic mass is 9.87. The summed E-state index contributed by atoms with van der Waals surface area (Å²) in [6.45, 7) is 0.134. The minimum Gasteiger partial charge on any atom is -0.355 e. The van der Waals surface area contributed by atoms with Gasteiger partial charge in [-0.25, -0.2) is 8.78 Å². The normalized spacial score (nSPS) is 28.1. The van der Waals surface area contributed by atoms with Crippen LogP contribution in [0.2, 0.25) is 0 Å². The van der Waals surface area contributed by atoms with E-state index in [2.05, 4.69) is 5.32 Å². The Labute approximate surface area is 136 Å². The van der Waals surface area contributed by atoms with Gasteiger partial charge in [0.1, 0.15) is 5.41 Å². The van der Waals surface area contributed by atoms with Gasteiger partial charge >= 0.3 is 6.18 Å². The van der Waals surface area contributed by atoms with Crippen molar-refractivity contribution >= 4 is 5.91 Å². The third-order valence-electron chi connectivity index (χ3n) is 5.24. The van der Waals surface area contributed by atoms with E-state index in [1.807, 2.05) is 0 Å². The SMILES string of the molecule is O=C(NCCc1ccc(C(F)(F)F)cc1)C12CCCCC1C2(F)F. The van der Waals surface area contributed by atoms with Crippen molar-refractivity contribution in [3.8, 4) is 0 Å². The molecule has 132 valence electrons. The zero-order valence-electron chi connectivity index (χ0n) is 12.9. The number of fused-ring (bicyclic) bond motifs is 1. The van der Waals surface area contributed by atoms with Gasteiger partial charge in [0.25, 0.3) is 5.92 Å². The highest BCUT2D eigenvalue weighted by molar-refractivity contribution is 5.88. The molecule has 1 N–H and O–H groups in total. The van der Waals surface area contributed by atoms with Gasteiger partial charge in [0, 0.05) is 12.5 Å². The molecule has 0 bridgehead atoms. The highest BCUT2D eigenvalue weighted by Gasteiger charge is 2.83. The van der Waals surface area contributed by atoms with Gasteiger partial charge < -0.3 is 5.32 Å². The van der Waals surface area contributed by atoms with Crippen LogP contribution in [0.25, 0.3) is 0 Å². The first-order valence-electron chi connectivity index (χ1n) is 8.02. The molecule has 24 heavy (non-hydrogen) atoms. The van der Waals surface area contributed by atoms with Crippen LogP contribution in [0.4, 0.5) is 22.0 Å². The molecule has 0 radical (unpaired) electrons. The maximum atomic E-state index is 13.9. The molecular formula is C17H18F5NO. The van der Waals surface area contributed by atoms with E-state index in [9.17, 15) is 26.7 Å². The van der Waals surface area contributed by atoms with E-state index in [1.54, 1.807) is 0 Å². The molecule has 1 aromatic carbocycles. The fourth-order valence-electron chi connectivity index (χ4n) is 3.82. The number of carbonyl (C=O) groups is 1. The fraction of sp³-hybridized carbons (Fsp3) is 0.588. The molecule has 2 atom stereocenters. The van der Waals surface area contributed by atoms with Crippen LogP contribution < -0.4 is 5.32 Å². The molecule has 0 heterocycles. The standard InChI is InChI=1S/C17H18F5NO/c18-16(19)13-3-1-2-9-15(13,16)14(24)23-10-8-11-4-6-12(7-5-11)17(20,21)22/h4-7,13H,1-3,8-10H2,(H,23,24). The molecule has 1 amide bonds. The number of rotatable bonds is 4. The van der Waals surface area contributed by atoms with E-state index in [0.717, 1.165) is 18.6 Å². The molecule has 2 fully saturated rings. The van der Waals surface area contributed by atoms with Gasteiger partial charge in [0.15, 0.2) is 0 Å². The Morgan fingerprint density at radius 1 is 1.17 bits per heavy atom. The molecule has 2 unspecified atom stereocenters. The second kappa shape index (κ2) is 5.70. The number of carbonyl (C=O) groups excluding carboxylic acids is 1. The molecule has 1 aromatic rings. The van der Waals surface area contributed by atoms with E-state index in [1.165, 1.54) is 12.1 Å². The first kappa shape index (κ1) is 17.2. The highest BCUT2D eigenvalue weighted by Crippen LogP contribution is 2.72. The van der Waals surface area contributed by atoms with E-state index >= 15 is 0 Å². The van der Waals surface area contributed by atoms with E-state index in [0.29, 0.717) is 24.8 Å². The Bertz CT molecular complexity index is 625. The molecule has 2 saturated carbocycles. The van der Waals surface area contributed by atoms with Crippen molar-refractivity contribution < 1.29 is 26.7 Å². The topological polar surface area (TPSA) is 29.1 Å². The molecule has 7 heteroatoms. The fourth-order valence-corrected chi connectivity index (χ4v) is 3.82. The maximum absolute atomic E-state index is 13.9. The molecule has 2 aliphatic carbocycles. The minimum absolute atomic E-state index is 0.134. The number of nitrogens with one attached hydrogen (secondary N) is 1. The van der Waals surface area contributed by atoms with Crippen LogP contribution in [0, 0.1) is 11.3 Å². The molecule has 2 aliphatic rings. The predicted molar refractivity (Wildman–Crippen MR) is 77.5 cm³/mol. The average molecular weight is 347 g/mol. The number of alkyl halides is 5. The van der Waals surface area contributed by atoms with Crippen LogP contribution in [0.1, 0.15) is 36.8 Å². The molecule has 0 spiro atoms. The smallest absolute Gasteiger partial charge is 0.355 e. The zero-order valence-corrected chi connectivity index (χ0v) is 12.9. The van der Waals surface area contributed by atoms with Gasteiger partial charge in [-0.2, -0.15) is 13.2 Å². The summed E-state index contributed by atoms with van der Waals surface area (Å²) in [6.07, 6.45) is -2.16. The third-order valence-corrected chi connectivity index (χ3v) is 5.24. The van der Waals surface area contributed by atoms with Crippen molar-refractivity contribution in [2.24, 2.45) is 11.3 Å². The van der Waals surface area contributed by atoms with Crippen molar-refractivity contribution in [3.05, 3.63) is 35.4 Å². The van der Waals surface area contributed by atoms with E-state index in [4.69, 9.17) is 0 Å². The first-order chi connectivity index (χ1) is 11.2. The Balaban J connectivity index is 1.54. The average Bonchev–Trinajstić information content (AvgIpc) is 3.05. The van der Waals surface area contributed by atoms with Crippen molar-refractivity contribution in [3.63, 3.8) is 0 Å². The number of hydrogen-bond acceptors (Lipinski definition) is 1. The van der Waals surface area contributed by atoms with Crippen LogP contribution >= 0.6 is 0 Å². The summed E-state index contributed by atoms with van der Waals surface area (Å²) in [5.74, 6) is -4.41. The molecule has 2 nitrogen and oxygen atoms in total. The Hall–Kier alpha value is -1.66. The van der Waals surface area contributed by atoms with Crippen molar-refractivity contribution in [1.29, 1.82) is 0 Å². The predicted octanol–water partition coefficient (Wildman–Crippen LogP) is 4.19. The van der Waals surface area contributed by atoms with Crippen LogP contribution in [0.5, 0.6) is 0 Å². The Morgan fingerprint density at radius 3 is 2.42 bits per heavy atom. The van der Waals surface area contributed by atoms with Crippen molar-refractivity contribution in [1.82, 2.24) is 5.32 Å². The van der Waals surface area contributed by atoms with Crippen LogP contribution in [0.15, 0.2) is 24.3 Å². The summed E-state index contributed by atoms with van der Waals surface area (Å²) in [6, 6.07) is 4.62. The minimum atomic E-state index is -4.39. The largest absolute Gasteiger partial charge is 0.416 e. The highest BCUT2D eigenvalue weighted by atomic mass is 19.4. The number of hydrogen-bond donors (Lipinski definition) is 1. The summed E-state index contributed by atoms with van der Waals surface area (Å²) in [7, 11) is 0. The summed E-state index contributed by atoms with van der Waals surface area (Å²) in [5, 5.41) is 2.54. The summed E-state index contributed by atoms with van der Waals surface area (Å²) in [5.41, 5.74) is -1.67. The summed E-state index contributed by atoms with van der Waals surface area (Å²) >= 11 is 0. The Morgan fingerprint density at radius 2 is 1.83 bits per heavy atom. The lowest BCUT2D eigenvalue weighted by Gasteiger charge is -2.19. The van der Waals surface area contributed by atoms with Crippen LogP contribution in [-0.4, -0.2) is 18.4 Å². The van der Waals surface area contributed by atoms with Crippen molar-refractivity contribution in [2.45, 2.75) is 44.2 Å². The van der Waals surface area contributed by atoms with E-state index in [-0.39, 0.29) is 13.0 Å². The van der Waals surface area contributed by atoms with Gasteiger partial charge in [0.05, 0.1) is 5.56 Å². The molecule has 0 aliphatic heterocycles. The van der Waals surface area contributed by atoms with Gasteiger partial charge in [-0.1, -0.05) is 25.0 Å². The number of benzene rings is 1. The Kier molecular flexibility index (Phi) is 4.08. The zero-order chi connectivity index (χ0) is 17.6.